The van der Waals surface area contributed by atoms with Gasteiger partial charge in [0, 0.05) is 32.9 Å². The van der Waals surface area contributed by atoms with E-state index in [1.165, 1.54) is 5.56 Å². The van der Waals surface area contributed by atoms with Gasteiger partial charge in [-0.25, -0.2) is 4.98 Å². The topological polar surface area (TPSA) is 62.5 Å². The van der Waals surface area contributed by atoms with E-state index < -0.39 is 0 Å². The van der Waals surface area contributed by atoms with Crippen molar-refractivity contribution in [1.82, 2.24) is 9.88 Å². The largest absolute Gasteiger partial charge is 0.354 e. The third-order valence-corrected chi connectivity index (χ3v) is 6.49. The lowest BCUT2D eigenvalue weighted by Crippen LogP contribution is -2.39. The van der Waals surface area contributed by atoms with Crippen molar-refractivity contribution >= 4 is 34.1 Å². The van der Waals surface area contributed by atoms with Crippen molar-refractivity contribution in [3.05, 3.63) is 35.5 Å². The molecule has 2 heterocycles. The van der Waals surface area contributed by atoms with E-state index >= 15 is 0 Å². The number of nitrogens with zero attached hydrogens (tertiary/aromatic N) is 3. The fourth-order valence-corrected chi connectivity index (χ4v) is 4.71. The van der Waals surface area contributed by atoms with Gasteiger partial charge in [-0.1, -0.05) is 41.2 Å². The van der Waals surface area contributed by atoms with E-state index in [1.807, 2.05) is 23.9 Å². The Labute approximate surface area is 150 Å². The molecule has 0 spiro atoms. The highest BCUT2D eigenvalue weighted by atomic mass is 32.2. The van der Waals surface area contributed by atoms with Crippen molar-refractivity contribution in [3.63, 3.8) is 0 Å². The van der Waals surface area contributed by atoms with E-state index in [2.05, 4.69) is 36.2 Å². The first-order valence-corrected chi connectivity index (χ1v) is 9.75. The molecule has 2 N–H and O–H groups in total. The Kier molecular flexibility index (Phi) is 5.12. The lowest BCUT2D eigenvalue weighted by Gasteiger charge is -2.22. The van der Waals surface area contributed by atoms with Crippen LogP contribution < -0.4 is 10.6 Å². The highest BCUT2D eigenvalue weighted by Crippen LogP contribution is 2.36. The van der Waals surface area contributed by atoms with Crippen LogP contribution in [-0.4, -0.2) is 54.1 Å². The minimum Gasteiger partial charge on any atom is -0.354 e. The summed E-state index contributed by atoms with van der Waals surface area (Å²) in [5.41, 5.74) is 8.58. The maximum absolute atomic E-state index is 13.1. The molecule has 1 aliphatic rings. The molecule has 1 fully saturated rings. The Morgan fingerprint density at radius 2 is 2.08 bits per heavy atom. The van der Waals surface area contributed by atoms with Gasteiger partial charge < -0.3 is 15.5 Å². The molecule has 1 amide bonds. The zero-order valence-electron chi connectivity index (χ0n) is 14.2. The molecule has 128 valence electrons. The molecule has 0 aliphatic carbocycles. The number of amides is 1. The number of hydrogen-bond donors (Lipinski definition) is 1. The minimum atomic E-state index is -0.0182. The van der Waals surface area contributed by atoms with Crippen molar-refractivity contribution < 1.29 is 4.79 Å². The molecule has 5 nitrogen and oxygen atoms in total. The molecule has 1 aliphatic heterocycles. The number of nitrogens with two attached hydrogens (primary N) is 1. The monoisotopic (exact) mass is 362 g/mol. The predicted octanol–water partition coefficient (Wildman–Crippen LogP) is 2.66. The molecule has 3 rings (SSSR count). The van der Waals surface area contributed by atoms with E-state index in [4.69, 9.17) is 5.73 Å². The quantitative estimate of drug-likeness (QED) is 0.906. The van der Waals surface area contributed by atoms with Gasteiger partial charge in [0.2, 0.25) is 0 Å². The lowest BCUT2D eigenvalue weighted by molar-refractivity contribution is 0.0760. The molecule has 0 saturated carbocycles. The van der Waals surface area contributed by atoms with Crippen LogP contribution in [0.1, 0.15) is 16.1 Å². The van der Waals surface area contributed by atoms with Gasteiger partial charge in [-0.05, 0) is 12.5 Å². The summed E-state index contributed by atoms with van der Waals surface area (Å²) in [7, 11) is 3.89. The zero-order valence-corrected chi connectivity index (χ0v) is 15.8. The number of benzene rings is 1. The molecule has 1 saturated heterocycles. The van der Waals surface area contributed by atoms with Crippen LogP contribution in [0.5, 0.6) is 0 Å². The van der Waals surface area contributed by atoms with Gasteiger partial charge in [-0.3, -0.25) is 4.79 Å². The number of aryl methyl sites for hydroxylation is 1. The Bertz CT molecular complexity index is 727. The van der Waals surface area contributed by atoms with Crippen molar-refractivity contribution in [1.29, 1.82) is 0 Å². The molecule has 1 aromatic heterocycles. The first kappa shape index (κ1) is 17.3. The van der Waals surface area contributed by atoms with E-state index in [0.717, 1.165) is 27.9 Å². The van der Waals surface area contributed by atoms with Crippen molar-refractivity contribution in [3.8, 4) is 10.4 Å². The Morgan fingerprint density at radius 3 is 2.71 bits per heavy atom. The maximum atomic E-state index is 13.1. The fourth-order valence-electron chi connectivity index (χ4n) is 2.63. The smallest absolute Gasteiger partial charge is 0.275 e. The average Bonchev–Trinajstić information content (AvgIpc) is 3.22. The van der Waals surface area contributed by atoms with Crippen LogP contribution in [0.3, 0.4) is 0 Å². The third kappa shape index (κ3) is 3.29. The molecule has 7 heteroatoms. The highest BCUT2D eigenvalue weighted by Gasteiger charge is 2.32. The van der Waals surface area contributed by atoms with Crippen molar-refractivity contribution in [2.45, 2.75) is 12.3 Å². The Morgan fingerprint density at radius 1 is 1.38 bits per heavy atom. The van der Waals surface area contributed by atoms with Gasteiger partial charge in [-0.15, -0.1) is 11.8 Å². The highest BCUT2D eigenvalue weighted by molar-refractivity contribution is 8.00. The molecule has 2 aromatic rings. The summed E-state index contributed by atoms with van der Waals surface area (Å²) in [6.07, 6.45) is 0. The van der Waals surface area contributed by atoms with E-state index in [9.17, 15) is 4.79 Å². The van der Waals surface area contributed by atoms with E-state index in [-0.39, 0.29) is 11.3 Å². The van der Waals surface area contributed by atoms with E-state index in [1.54, 1.807) is 23.1 Å². The summed E-state index contributed by atoms with van der Waals surface area (Å²) in [6, 6.07) is 8.23. The average molecular weight is 363 g/mol. The number of thioether (sulfide) groups is 1. The molecular formula is C17H22N4OS2. The van der Waals surface area contributed by atoms with Crippen LogP contribution in [0, 0.1) is 6.92 Å². The van der Waals surface area contributed by atoms with Crippen LogP contribution in [-0.2, 0) is 0 Å². The normalized spacial score (nSPS) is 17.3. The lowest BCUT2D eigenvalue weighted by atomic mass is 10.1. The summed E-state index contributed by atoms with van der Waals surface area (Å²) in [4.78, 5) is 22.4. The second-order valence-corrected chi connectivity index (χ2v) is 8.26. The molecular weight excluding hydrogens is 340 g/mol. The van der Waals surface area contributed by atoms with Crippen LogP contribution in [0.4, 0.5) is 5.13 Å². The summed E-state index contributed by atoms with van der Waals surface area (Å²) in [6.45, 7) is 3.26. The van der Waals surface area contributed by atoms with Crippen LogP contribution in [0.15, 0.2) is 24.3 Å². The van der Waals surface area contributed by atoms with Crippen LogP contribution in [0.25, 0.3) is 10.4 Å². The number of aromatic nitrogens is 1. The zero-order chi connectivity index (χ0) is 17.3. The second kappa shape index (κ2) is 7.13. The summed E-state index contributed by atoms with van der Waals surface area (Å²) in [5, 5.41) is 0.887. The minimum absolute atomic E-state index is 0.0182. The van der Waals surface area contributed by atoms with Gasteiger partial charge in [0.25, 0.3) is 5.91 Å². The Balaban J connectivity index is 2.02. The van der Waals surface area contributed by atoms with Crippen molar-refractivity contribution in [2.24, 2.45) is 5.73 Å². The van der Waals surface area contributed by atoms with Crippen LogP contribution >= 0.6 is 23.1 Å². The first-order chi connectivity index (χ1) is 11.5. The molecule has 0 bridgehead atoms. The summed E-state index contributed by atoms with van der Waals surface area (Å²) in [5.74, 6) is 0.911. The number of rotatable bonds is 4. The van der Waals surface area contributed by atoms with Gasteiger partial charge in [-0.2, -0.15) is 0 Å². The van der Waals surface area contributed by atoms with Gasteiger partial charge in [0.15, 0.2) is 5.13 Å². The van der Waals surface area contributed by atoms with Crippen molar-refractivity contribution in [2.75, 3.05) is 37.8 Å². The molecule has 0 radical (unpaired) electrons. The van der Waals surface area contributed by atoms with Crippen LogP contribution in [0.2, 0.25) is 0 Å². The van der Waals surface area contributed by atoms with Gasteiger partial charge in [0.1, 0.15) is 5.69 Å². The second-order valence-electron chi connectivity index (χ2n) is 5.99. The number of thiazole rings is 1. The SMILES string of the molecule is Cc1ccc(-c2sc(N(C)C)nc2C(=O)N2CCSC2CN)cc1. The number of anilines is 1. The number of carbonyl (C=O) groups is 1. The predicted molar refractivity (Wildman–Crippen MR) is 103 cm³/mol. The van der Waals surface area contributed by atoms with Gasteiger partial charge >= 0.3 is 0 Å². The van der Waals surface area contributed by atoms with E-state index in [0.29, 0.717) is 12.2 Å². The third-order valence-electron chi connectivity index (χ3n) is 3.97. The molecule has 1 unspecified atom stereocenters. The number of hydrogen-bond acceptors (Lipinski definition) is 6. The molecule has 1 atom stereocenters. The fraction of sp³-hybridized carbons (Fsp3) is 0.412. The first-order valence-electron chi connectivity index (χ1n) is 7.89. The summed E-state index contributed by atoms with van der Waals surface area (Å²) >= 11 is 3.29. The standard InChI is InChI=1S/C17H22N4OS2/c1-11-4-6-12(7-5-11)15-14(19-17(24-15)20(2)3)16(22)21-8-9-23-13(21)10-18/h4-7,13H,8-10,18H2,1-3H3. The van der Waals surface area contributed by atoms with Gasteiger partial charge in [0.05, 0.1) is 10.3 Å². The molecule has 1 aromatic carbocycles. The number of carbonyl (C=O) groups excluding carboxylic acids is 1. The molecule has 24 heavy (non-hydrogen) atoms. The summed E-state index contributed by atoms with van der Waals surface area (Å²) < 4.78 is 0. The maximum Gasteiger partial charge on any atom is 0.275 e. The Hall–Kier alpha value is -1.57.